The van der Waals surface area contributed by atoms with Gasteiger partial charge in [0.25, 0.3) is 5.56 Å². The summed E-state index contributed by atoms with van der Waals surface area (Å²) in [6.45, 7) is 2.17. The fraction of sp³-hybridized carbons (Fsp3) is 0.278. The number of benzene rings is 1. The Hall–Kier alpha value is -3.09. The number of amides is 1. The van der Waals surface area contributed by atoms with Gasteiger partial charge in [-0.05, 0) is 30.7 Å². The van der Waals surface area contributed by atoms with E-state index in [0.29, 0.717) is 12.3 Å². The van der Waals surface area contributed by atoms with Crippen molar-refractivity contribution in [3.63, 3.8) is 0 Å². The number of hydrogen-bond acceptors (Lipinski definition) is 5. The molecule has 0 saturated heterocycles. The molecule has 7 heteroatoms. The number of aromatic nitrogens is 1. The molecule has 1 aromatic carbocycles. The number of ether oxygens (including phenoxy) is 2. The van der Waals surface area contributed by atoms with Gasteiger partial charge in [-0.1, -0.05) is 19.1 Å². The number of pyridine rings is 1. The number of nitrogens with one attached hydrogen (secondary N) is 1. The van der Waals surface area contributed by atoms with Crippen LogP contribution in [0.5, 0.6) is 5.75 Å². The van der Waals surface area contributed by atoms with Crippen LogP contribution in [0.25, 0.3) is 0 Å². The van der Waals surface area contributed by atoms with Crippen molar-refractivity contribution in [2.75, 3.05) is 19.0 Å². The minimum atomic E-state index is -0.553. The van der Waals surface area contributed by atoms with Crippen LogP contribution >= 0.6 is 0 Å². The predicted molar refractivity (Wildman–Crippen MR) is 92.9 cm³/mol. The quantitative estimate of drug-likeness (QED) is 0.777. The first-order valence-corrected chi connectivity index (χ1v) is 7.86. The summed E-state index contributed by atoms with van der Waals surface area (Å²) in [5.74, 6) is -0.791. The minimum absolute atomic E-state index is 0.197. The van der Waals surface area contributed by atoms with E-state index in [-0.39, 0.29) is 23.4 Å². The van der Waals surface area contributed by atoms with Gasteiger partial charge in [0.2, 0.25) is 5.91 Å². The Labute approximate surface area is 145 Å². The maximum Gasteiger partial charge on any atom is 0.339 e. The van der Waals surface area contributed by atoms with Crippen molar-refractivity contribution in [2.24, 2.45) is 0 Å². The van der Waals surface area contributed by atoms with Crippen LogP contribution in [0.3, 0.4) is 0 Å². The van der Waals surface area contributed by atoms with Crippen molar-refractivity contribution < 1.29 is 19.1 Å². The van der Waals surface area contributed by atoms with E-state index in [0.717, 1.165) is 6.42 Å². The van der Waals surface area contributed by atoms with Gasteiger partial charge in [-0.15, -0.1) is 0 Å². The van der Waals surface area contributed by atoms with Crippen LogP contribution in [-0.2, 0) is 16.1 Å². The molecule has 2 aromatic rings. The minimum Gasteiger partial charge on any atom is -0.488 e. The van der Waals surface area contributed by atoms with Gasteiger partial charge in [0.05, 0.1) is 25.0 Å². The molecular formula is C18H20N2O5. The summed E-state index contributed by atoms with van der Waals surface area (Å²) in [4.78, 5) is 36.3. The summed E-state index contributed by atoms with van der Waals surface area (Å²) in [6.07, 6.45) is 2.28. The number of methoxy groups -OCH3 is 1. The van der Waals surface area contributed by atoms with Crippen molar-refractivity contribution in [1.82, 2.24) is 4.57 Å². The Balaban J connectivity index is 2.14. The molecule has 0 fully saturated rings. The molecule has 1 heterocycles. The first-order chi connectivity index (χ1) is 12.1. The monoisotopic (exact) mass is 344 g/mol. The molecule has 132 valence electrons. The molecule has 0 aliphatic heterocycles. The summed E-state index contributed by atoms with van der Waals surface area (Å²) in [6, 6.07) is 9.70. The van der Waals surface area contributed by atoms with Gasteiger partial charge in [-0.3, -0.25) is 9.59 Å². The zero-order chi connectivity index (χ0) is 18.2. The molecule has 0 aliphatic rings. The SMILES string of the molecule is CCCOc1cccn(CC(=O)Nc2ccccc2C(=O)OC)c1=O. The van der Waals surface area contributed by atoms with Gasteiger partial charge in [0.1, 0.15) is 6.54 Å². The highest BCUT2D eigenvalue weighted by Gasteiger charge is 2.14. The highest BCUT2D eigenvalue weighted by molar-refractivity contribution is 6.01. The average Bonchev–Trinajstić information content (AvgIpc) is 2.62. The molecule has 0 radical (unpaired) electrons. The molecule has 1 amide bonds. The van der Waals surface area contributed by atoms with E-state index < -0.39 is 11.9 Å². The van der Waals surface area contributed by atoms with Gasteiger partial charge in [-0.2, -0.15) is 0 Å². The normalized spacial score (nSPS) is 10.2. The van der Waals surface area contributed by atoms with Gasteiger partial charge in [0, 0.05) is 6.20 Å². The highest BCUT2D eigenvalue weighted by Crippen LogP contribution is 2.16. The Morgan fingerprint density at radius 1 is 1.16 bits per heavy atom. The van der Waals surface area contributed by atoms with E-state index in [2.05, 4.69) is 10.1 Å². The molecular weight excluding hydrogens is 324 g/mol. The molecule has 1 aromatic heterocycles. The summed E-state index contributed by atoms with van der Waals surface area (Å²) in [7, 11) is 1.27. The van der Waals surface area contributed by atoms with E-state index in [9.17, 15) is 14.4 Å². The van der Waals surface area contributed by atoms with Gasteiger partial charge >= 0.3 is 5.97 Å². The van der Waals surface area contributed by atoms with Crippen LogP contribution in [0.1, 0.15) is 23.7 Å². The number of carbonyl (C=O) groups excluding carboxylic acids is 2. The third-order valence-corrected chi connectivity index (χ3v) is 3.37. The van der Waals surface area contributed by atoms with E-state index in [1.807, 2.05) is 6.92 Å². The second-order valence-electron chi connectivity index (χ2n) is 5.24. The number of nitrogens with zero attached hydrogens (tertiary/aromatic N) is 1. The van der Waals surface area contributed by atoms with E-state index in [1.165, 1.54) is 17.9 Å². The summed E-state index contributed by atoms with van der Waals surface area (Å²) in [5.41, 5.74) is 0.184. The lowest BCUT2D eigenvalue weighted by atomic mass is 10.2. The molecule has 0 spiro atoms. The molecule has 0 saturated carbocycles. The molecule has 1 N–H and O–H groups in total. The summed E-state index contributed by atoms with van der Waals surface area (Å²) < 4.78 is 11.3. The Bertz CT molecular complexity index is 813. The van der Waals surface area contributed by atoms with Crippen LogP contribution in [0.2, 0.25) is 0 Å². The Kier molecular flexibility index (Phi) is 6.33. The standard InChI is InChI=1S/C18H20N2O5/c1-3-11-25-15-9-6-10-20(17(15)22)12-16(21)19-14-8-5-4-7-13(14)18(23)24-2/h4-10H,3,11-12H2,1-2H3,(H,19,21). The molecule has 0 aliphatic carbocycles. The Morgan fingerprint density at radius 3 is 2.64 bits per heavy atom. The smallest absolute Gasteiger partial charge is 0.339 e. The number of carbonyl (C=O) groups is 2. The number of hydrogen-bond donors (Lipinski definition) is 1. The number of esters is 1. The second kappa shape index (κ2) is 8.68. The first-order valence-electron chi connectivity index (χ1n) is 7.86. The fourth-order valence-corrected chi connectivity index (χ4v) is 2.19. The third kappa shape index (κ3) is 4.69. The largest absolute Gasteiger partial charge is 0.488 e. The van der Waals surface area contributed by atoms with E-state index in [4.69, 9.17) is 4.74 Å². The summed E-state index contributed by atoms with van der Waals surface area (Å²) >= 11 is 0. The van der Waals surface area contributed by atoms with Crippen molar-refractivity contribution in [3.8, 4) is 5.75 Å². The van der Waals surface area contributed by atoms with Crippen molar-refractivity contribution in [1.29, 1.82) is 0 Å². The van der Waals surface area contributed by atoms with Gasteiger partial charge in [0.15, 0.2) is 5.75 Å². The fourth-order valence-electron chi connectivity index (χ4n) is 2.19. The van der Waals surface area contributed by atoms with Gasteiger partial charge < -0.3 is 19.4 Å². The summed E-state index contributed by atoms with van der Waals surface area (Å²) in [5, 5.41) is 2.62. The topological polar surface area (TPSA) is 86.6 Å². The van der Waals surface area contributed by atoms with E-state index >= 15 is 0 Å². The molecule has 0 atom stereocenters. The van der Waals surface area contributed by atoms with Crippen LogP contribution in [0.4, 0.5) is 5.69 Å². The lowest BCUT2D eigenvalue weighted by molar-refractivity contribution is -0.116. The molecule has 0 unspecified atom stereocenters. The maximum atomic E-state index is 12.3. The van der Waals surface area contributed by atoms with Crippen LogP contribution in [0.15, 0.2) is 47.4 Å². The lowest BCUT2D eigenvalue weighted by Crippen LogP contribution is -2.28. The van der Waals surface area contributed by atoms with Gasteiger partial charge in [-0.25, -0.2) is 4.79 Å². The second-order valence-corrected chi connectivity index (χ2v) is 5.24. The molecule has 2 rings (SSSR count). The number of anilines is 1. The van der Waals surface area contributed by atoms with E-state index in [1.54, 1.807) is 36.4 Å². The lowest BCUT2D eigenvalue weighted by Gasteiger charge is -2.11. The maximum absolute atomic E-state index is 12.3. The third-order valence-electron chi connectivity index (χ3n) is 3.37. The van der Waals surface area contributed by atoms with Crippen LogP contribution in [0, 0.1) is 0 Å². The first kappa shape index (κ1) is 18.3. The Morgan fingerprint density at radius 2 is 1.92 bits per heavy atom. The molecule has 7 nitrogen and oxygen atoms in total. The van der Waals surface area contributed by atoms with Crippen LogP contribution < -0.4 is 15.6 Å². The predicted octanol–water partition coefficient (Wildman–Crippen LogP) is 2.06. The van der Waals surface area contributed by atoms with Crippen molar-refractivity contribution >= 4 is 17.6 Å². The zero-order valence-corrected chi connectivity index (χ0v) is 14.2. The zero-order valence-electron chi connectivity index (χ0n) is 14.2. The average molecular weight is 344 g/mol. The van der Waals surface area contributed by atoms with Crippen molar-refractivity contribution in [3.05, 3.63) is 58.5 Å². The number of rotatable bonds is 7. The molecule has 25 heavy (non-hydrogen) atoms. The molecule has 0 bridgehead atoms. The number of para-hydroxylation sites is 1. The van der Waals surface area contributed by atoms with Crippen molar-refractivity contribution in [2.45, 2.75) is 19.9 Å². The highest BCUT2D eigenvalue weighted by atomic mass is 16.5. The van der Waals surface area contributed by atoms with Crippen LogP contribution in [-0.4, -0.2) is 30.2 Å².